The van der Waals surface area contributed by atoms with Crippen LogP contribution >= 0.6 is 12.4 Å². The summed E-state index contributed by atoms with van der Waals surface area (Å²) in [7, 11) is 0. The third kappa shape index (κ3) is 6.61. The van der Waals surface area contributed by atoms with Crippen LogP contribution in [0.5, 0.6) is 0 Å². The Labute approximate surface area is 162 Å². The average molecular weight is 382 g/mol. The van der Waals surface area contributed by atoms with E-state index in [0.717, 1.165) is 25.7 Å². The Balaban J connectivity index is 0.00000338. The highest BCUT2D eigenvalue weighted by Gasteiger charge is 2.32. The summed E-state index contributed by atoms with van der Waals surface area (Å²) in [6, 6.07) is 7.00. The van der Waals surface area contributed by atoms with Crippen LogP contribution in [0.15, 0.2) is 24.3 Å². The Hall–Kier alpha value is -1.59. The fourth-order valence-corrected chi connectivity index (χ4v) is 3.42. The van der Waals surface area contributed by atoms with E-state index in [1.807, 2.05) is 20.8 Å². The van der Waals surface area contributed by atoms with Crippen molar-refractivity contribution in [2.75, 3.05) is 11.9 Å². The minimum atomic E-state index is -0.277. The quantitative estimate of drug-likeness (QED) is 0.723. The highest BCUT2D eigenvalue weighted by molar-refractivity contribution is 5.96. The summed E-state index contributed by atoms with van der Waals surface area (Å²) in [4.78, 5) is 24.5. The molecule has 0 radical (unpaired) electrons. The van der Waals surface area contributed by atoms with Gasteiger partial charge in [0.15, 0.2) is 0 Å². The monoisotopic (exact) mass is 381 g/mol. The molecule has 1 fully saturated rings. The summed E-state index contributed by atoms with van der Waals surface area (Å²) in [6.07, 6.45) is 6.08. The molecule has 2 amide bonds. The molecule has 1 aromatic carbocycles. The number of hydrogen-bond donors (Lipinski definition) is 3. The zero-order valence-electron chi connectivity index (χ0n) is 16.1. The molecule has 1 saturated carbocycles. The van der Waals surface area contributed by atoms with Crippen LogP contribution in [0.4, 0.5) is 5.69 Å². The van der Waals surface area contributed by atoms with Crippen molar-refractivity contribution in [2.45, 2.75) is 64.8 Å². The van der Waals surface area contributed by atoms with Gasteiger partial charge in [-0.3, -0.25) is 9.59 Å². The van der Waals surface area contributed by atoms with E-state index in [1.54, 1.807) is 24.3 Å². The third-order valence-corrected chi connectivity index (χ3v) is 4.80. The van der Waals surface area contributed by atoms with Gasteiger partial charge in [0, 0.05) is 23.2 Å². The van der Waals surface area contributed by atoms with E-state index in [2.05, 4.69) is 10.6 Å². The van der Waals surface area contributed by atoms with Crippen molar-refractivity contribution < 1.29 is 9.59 Å². The molecule has 0 spiro atoms. The minimum Gasteiger partial charge on any atom is -0.347 e. The number of carbonyl (C=O) groups is 2. The molecule has 1 aliphatic rings. The molecule has 0 aliphatic heterocycles. The minimum absolute atomic E-state index is 0. The number of rotatable bonds is 5. The second kappa shape index (κ2) is 9.38. The van der Waals surface area contributed by atoms with Gasteiger partial charge in [-0.2, -0.15) is 0 Å². The lowest BCUT2D eigenvalue weighted by Gasteiger charge is -2.35. The highest BCUT2D eigenvalue weighted by atomic mass is 35.5. The first-order chi connectivity index (χ1) is 11.7. The van der Waals surface area contributed by atoms with E-state index in [9.17, 15) is 9.59 Å². The lowest BCUT2D eigenvalue weighted by Crippen LogP contribution is -2.40. The Morgan fingerprint density at radius 3 is 2.15 bits per heavy atom. The third-order valence-electron chi connectivity index (χ3n) is 4.80. The summed E-state index contributed by atoms with van der Waals surface area (Å²) < 4.78 is 0. The Morgan fingerprint density at radius 1 is 1.08 bits per heavy atom. The van der Waals surface area contributed by atoms with Crippen molar-refractivity contribution in [1.29, 1.82) is 0 Å². The van der Waals surface area contributed by atoms with Crippen LogP contribution in [0.2, 0.25) is 0 Å². The molecule has 4 N–H and O–H groups in total. The standard InChI is InChI=1S/C20H31N3O2.ClH/c1-19(2,3)23-18(25)15-7-9-16(10-8-15)22-17(24)13-20(14-21)11-5-4-6-12-20;/h7-10H,4-6,11-14,21H2,1-3H3,(H,22,24)(H,23,25);1H. The van der Waals surface area contributed by atoms with E-state index in [1.165, 1.54) is 6.42 Å². The van der Waals surface area contributed by atoms with E-state index in [0.29, 0.717) is 24.2 Å². The maximum absolute atomic E-state index is 12.4. The molecule has 5 nitrogen and oxygen atoms in total. The molecule has 0 heterocycles. The lowest BCUT2D eigenvalue weighted by atomic mass is 9.71. The van der Waals surface area contributed by atoms with Gasteiger partial charge in [-0.15, -0.1) is 12.4 Å². The van der Waals surface area contributed by atoms with E-state index in [4.69, 9.17) is 5.73 Å². The summed E-state index contributed by atoms with van der Waals surface area (Å²) >= 11 is 0. The lowest BCUT2D eigenvalue weighted by molar-refractivity contribution is -0.118. The second-order valence-corrected chi connectivity index (χ2v) is 8.27. The number of carbonyl (C=O) groups excluding carboxylic acids is 2. The molecule has 2 rings (SSSR count). The van der Waals surface area contributed by atoms with Gasteiger partial charge in [0.2, 0.25) is 5.91 Å². The van der Waals surface area contributed by atoms with Crippen LogP contribution in [0.25, 0.3) is 0 Å². The molecule has 0 unspecified atom stereocenters. The predicted octanol–water partition coefficient (Wildman–Crippen LogP) is 3.87. The smallest absolute Gasteiger partial charge is 0.251 e. The van der Waals surface area contributed by atoms with Gasteiger partial charge >= 0.3 is 0 Å². The first-order valence-corrected chi connectivity index (χ1v) is 9.16. The number of hydrogen-bond acceptors (Lipinski definition) is 3. The maximum Gasteiger partial charge on any atom is 0.251 e. The fraction of sp³-hybridized carbons (Fsp3) is 0.600. The first kappa shape index (κ1) is 22.5. The van der Waals surface area contributed by atoms with E-state index >= 15 is 0 Å². The molecule has 1 aromatic rings. The first-order valence-electron chi connectivity index (χ1n) is 9.16. The molecular weight excluding hydrogens is 350 g/mol. The zero-order valence-corrected chi connectivity index (χ0v) is 16.9. The van der Waals surface area contributed by atoms with Crippen LogP contribution in [0.3, 0.4) is 0 Å². The molecule has 0 atom stereocenters. The zero-order chi connectivity index (χ0) is 18.5. The van der Waals surface area contributed by atoms with Crippen molar-refractivity contribution in [1.82, 2.24) is 5.32 Å². The molecule has 146 valence electrons. The van der Waals surface area contributed by atoms with Crippen LogP contribution in [0.1, 0.15) is 69.7 Å². The van der Waals surface area contributed by atoms with Gasteiger partial charge in [0.1, 0.15) is 0 Å². The molecular formula is C20H32ClN3O2. The molecule has 26 heavy (non-hydrogen) atoms. The second-order valence-electron chi connectivity index (χ2n) is 8.27. The summed E-state index contributed by atoms with van der Waals surface area (Å²) in [5.41, 5.74) is 6.93. The van der Waals surface area contributed by atoms with Crippen LogP contribution in [0, 0.1) is 5.41 Å². The van der Waals surface area contributed by atoms with Crippen LogP contribution in [-0.4, -0.2) is 23.9 Å². The topological polar surface area (TPSA) is 84.2 Å². The SMILES string of the molecule is CC(C)(C)NC(=O)c1ccc(NC(=O)CC2(CN)CCCCC2)cc1.Cl. The summed E-state index contributed by atoms with van der Waals surface area (Å²) in [6.45, 7) is 6.39. The van der Waals surface area contributed by atoms with Gasteiger partial charge < -0.3 is 16.4 Å². The number of halogens is 1. The predicted molar refractivity (Wildman–Crippen MR) is 109 cm³/mol. The maximum atomic E-state index is 12.4. The Bertz CT molecular complexity index is 602. The number of nitrogens with two attached hydrogens (primary N) is 1. The molecule has 0 aromatic heterocycles. The molecule has 0 bridgehead atoms. The van der Waals surface area contributed by atoms with Gasteiger partial charge in [0.05, 0.1) is 0 Å². The van der Waals surface area contributed by atoms with Crippen molar-refractivity contribution in [3.8, 4) is 0 Å². The number of benzene rings is 1. The fourth-order valence-electron chi connectivity index (χ4n) is 3.42. The number of anilines is 1. The van der Waals surface area contributed by atoms with Crippen molar-refractivity contribution >= 4 is 29.9 Å². The van der Waals surface area contributed by atoms with Crippen LogP contribution in [-0.2, 0) is 4.79 Å². The van der Waals surface area contributed by atoms with Gasteiger partial charge in [0.25, 0.3) is 5.91 Å². The van der Waals surface area contributed by atoms with E-state index < -0.39 is 0 Å². The number of nitrogens with one attached hydrogen (secondary N) is 2. The Morgan fingerprint density at radius 2 is 1.65 bits per heavy atom. The molecule has 0 saturated heterocycles. The summed E-state index contributed by atoms with van der Waals surface area (Å²) in [5, 5.41) is 5.86. The van der Waals surface area contributed by atoms with Crippen molar-refractivity contribution in [3.63, 3.8) is 0 Å². The largest absolute Gasteiger partial charge is 0.347 e. The van der Waals surface area contributed by atoms with Gasteiger partial charge in [-0.25, -0.2) is 0 Å². The van der Waals surface area contributed by atoms with Gasteiger partial charge in [-0.05, 0) is 69.8 Å². The molecule has 1 aliphatic carbocycles. The summed E-state index contributed by atoms with van der Waals surface area (Å²) in [5.74, 6) is -0.117. The van der Waals surface area contributed by atoms with Crippen molar-refractivity contribution in [3.05, 3.63) is 29.8 Å². The highest BCUT2D eigenvalue weighted by Crippen LogP contribution is 2.38. The normalized spacial score (nSPS) is 16.3. The van der Waals surface area contributed by atoms with Gasteiger partial charge in [-0.1, -0.05) is 19.3 Å². The van der Waals surface area contributed by atoms with Crippen molar-refractivity contribution in [2.24, 2.45) is 11.1 Å². The molecule has 6 heteroatoms. The van der Waals surface area contributed by atoms with Crippen LogP contribution < -0.4 is 16.4 Å². The number of amides is 2. The Kier molecular flexibility index (Phi) is 8.10. The average Bonchev–Trinajstić information content (AvgIpc) is 2.54. The van der Waals surface area contributed by atoms with E-state index in [-0.39, 0.29) is 35.2 Å².